The molecule has 2 nitrogen and oxygen atoms in total. The summed E-state index contributed by atoms with van der Waals surface area (Å²) in [6, 6.07) is 15.9. The molecule has 0 atom stereocenters. The lowest BCUT2D eigenvalue weighted by atomic mass is 9.79. The summed E-state index contributed by atoms with van der Waals surface area (Å²) < 4.78 is 5.80. The molecule has 1 aliphatic carbocycles. The van der Waals surface area contributed by atoms with Gasteiger partial charge in [0.1, 0.15) is 12.4 Å². The fourth-order valence-corrected chi connectivity index (χ4v) is 2.63. The lowest BCUT2D eigenvalue weighted by Gasteiger charge is -2.24. The predicted octanol–water partition coefficient (Wildman–Crippen LogP) is 4.56. The molecule has 2 aromatic carbocycles. The molecule has 3 rings (SSSR count). The van der Waals surface area contributed by atoms with Gasteiger partial charge < -0.3 is 4.74 Å². The molecule has 0 aromatic heterocycles. The number of ketones is 1. The van der Waals surface area contributed by atoms with Crippen molar-refractivity contribution in [3.63, 3.8) is 0 Å². The highest BCUT2D eigenvalue weighted by Crippen LogP contribution is 2.31. The third kappa shape index (κ3) is 3.15. The van der Waals surface area contributed by atoms with Gasteiger partial charge in [-0.25, -0.2) is 0 Å². The van der Waals surface area contributed by atoms with Crippen LogP contribution >= 0.6 is 0 Å². The third-order valence-corrected chi connectivity index (χ3v) is 4.19. The van der Waals surface area contributed by atoms with Gasteiger partial charge in [-0.2, -0.15) is 0 Å². The van der Waals surface area contributed by atoms with Crippen LogP contribution in [-0.2, 0) is 6.61 Å². The molecule has 0 aliphatic heterocycles. The van der Waals surface area contributed by atoms with Crippen molar-refractivity contribution in [2.45, 2.75) is 32.8 Å². The van der Waals surface area contributed by atoms with Crippen molar-refractivity contribution in [1.29, 1.82) is 0 Å². The molecule has 0 spiro atoms. The lowest BCUT2D eigenvalue weighted by molar-refractivity contribution is 0.0854. The minimum atomic E-state index is 0.250. The SMILES string of the molecule is Cc1cc(OCc2ccccc2)ccc1C(=O)C1CCC1. The van der Waals surface area contributed by atoms with Crippen LogP contribution in [0.5, 0.6) is 5.75 Å². The standard InChI is InChI=1S/C19H20O2/c1-14-12-17(21-13-15-6-3-2-4-7-15)10-11-18(14)19(20)16-8-5-9-16/h2-4,6-7,10-12,16H,5,8-9,13H2,1H3. The average molecular weight is 280 g/mol. The first-order chi connectivity index (χ1) is 10.2. The Morgan fingerprint density at radius 1 is 1.14 bits per heavy atom. The maximum Gasteiger partial charge on any atom is 0.166 e. The van der Waals surface area contributed by atoms with Crippen LogP contribution in [0.3, 0.4) is 0 Å². The zero-order chi connectivity index (χ0) is 14.7. The number of benzene rings is 2. The number of carbonyl (C=O) groups is 1. The Hall–Kier alpha value is -2.09. The summed E-state index contributed by atoms with van der Waals surface area (Å²) >= 11 is 0. The zero-order valence-electron chi connectivity index (χ0n) is 12.3. The molecule has 2 aromatic rings. The number of hydrogen-bond acceptors (Lipinski definition) is 2. The van der Waals surface area contributed by atoms with Crippen LogP contribution in [0.2, 0.25) is 0 Å². The van der Waals surface area contributed by atoms with Gasteiger partial charge in [-0.15, -0.1) is 0 Å². The fourth-order valence-electron chi connectivity index (χ4n) is 2.63. The highest BCUT2D eigenvalue weighted by atomic mass is 16.5. The molecule has 1 saturated carbocycles. The number of ether oxygens (including phenoxy) is 1. The van der Waals surface area contributed by atoms with Crippen LogP contribution in [0.4, 0.5) is 0 Å². The van der Waals surface area contributed by atoms with Gasteiger partial charge in [0.2, 0.25) is 0 Å². The van der Waals surface area contributed by atoms with Crippen LogP contribution < -0.4 is 4.74 Å². The Morgan fingerprint density at radius 3 is 2.52 bits per heavy atom. The normalized spacial score (nSPS) is 14.5. The first kappa shape index (κ1) is 13.9. The number of hydrogen-bond donors (Lipinski definition) is 0. The van der Waals surface area contributed by atoms with Gasteiger partial charge in [-0.3, -0.25) is 4.79 Å². The van der Waals surface area contributed by atoms with E-state index in [2.05, 4.69) is 0 Å². The Labute approximate surface area is 125 Å². The third-order valence-electron chi connectivity index (χ3n) is 4.19. The van der Waals surface area contributed by atoms with E-state index in [4.69, 9.17) is 4.74 Å². The smallest absolute Gasteiger partial charge is 0.166 e. The molecule has 0 bridgehead atoms. The molecular formula is C19H20O2. The first-order valence-electron chi connectivity index (χ1n) is 7.55. The van der Waals surface area contributed by atoms with Crippen molar-refractivity contribution in [3.8, 4) is 5.75 Å². The molecule has 1 fully saturated rings. The molecule has 108 valence electrons. The van der Waals surface area contributed by atoms with Crippen LogP contribution in [0.25, 0.3) is 0 Å². The van der Waals surface area contributed by atoms with E-state index >= 15 is 0 Å². The Balaban J connectivity index is 1.67. The summed E-state index contributed by atoms with van der Waals surface area (Å²) in [6.07, 6.45) is 3.28. The Kier molecular flexibility index (Phi) is 4.05. The van der Waals surface area contributed by atoms with Gasteiger partial charge in [0.05, 0.1) is 0 Å². The van der Waals surface area contributed by atoms with Crippen molar-refractivity contribution < 1.29 is 9.53 Å². The quantitative estimate of drug-likeness (QED) is 0.751. The van der Waals surface area contributed by atoms with Gasteiger partial charge in [0.15, 0.2) is 5.78 Å². The second-order valence-electron chi connectivity index (χ2n) is 5.74. The van der Waals surface area contributed by atoms with Gasteiger partial charge in [0.25, 0.3) is 0 Å². The molecule has 0 amide bonds. The predicted molar refractivity (Wildman–Crippen MR) is 83.6 cm³/mol. The number of Topliss-reactive ketones (excluding diaryl/α,β-unsaturated/α-hetero) is 1. The molecule has 0 N–H and O–H groups in total. The maximum atomic E-state index is 12.3. The molecular weight excluding hydrogens is 260 g/mol. The van der Waals surface area contributed by atoms with E-state index in [9.17, 15) is 4.79 Å². The Morgan fingerprint density at radius 2 is 1.90 bits per heavy atom. The summed E-state index contributed by atoms with van der Waals surface area (Å²) in [6.45, 7) is 2.54. The van der Waals surface area contributed by atoms with E-state index in [1.165, 1.54) is 6.42 Å². The van der Waals surface area contributed by atoms with Crippen molar-refractivity contribution in [2.75, 3.05) is 0 Å². The van der Waals surface area contributed by atoms with E-state index in [0.717, 1.165) is 35.3 Å². The van der Waals surface area contributed by atoms with Crippen LogP contribution in [0.15, 0.2) is 48.5 Å². The minimum Gasteiger partial charge on any atom is -0.489 e. The van der Waals surface area contributed by atoms with Gasteiger partial charge in [0, 0.05) is 11.5 Å². The summed E-state index contributed by atoms with van der Waals surface area (Å²) in [5.74, 6) is 1.37. The Bertz CT molecular complexity index is 627. The van der Waals surface area contributed by atoms with E-state index in [0.29, 0.717) is 12.4 Å². The van der Waals surface area contributed by atoms with Crippen LogP contribution in [0, 0.1) is 12.8 Å². The van der Waals surface area contributed by atoms with E-state index in [1.807, 2.05) is 55.5 Å². The molecule has 1 aliphatic rings. The van der Waals surface area contributed by atoms with Crippen molar-refractivity contribution in [1.82, 2.24) is 0 Å². The molecule has 0 unspecified atom stereocenters. The summed E-state index contributed by atoms with van der Waals surface area (Å²) in [7, 11) is 0. The highest BCUT2D eigenvalue weighted by Gasteiger charge is 2.27. The summed E-state index contributed by atoms with van der Waals surface area (Å²) in [4.78, 5) is 12.3. The van der Waals surface area contributed by atoms with E-state index in [-0.39, 0.29) is 5.92 Å². The van der Waals surface area contributed by atoms with E-state index < -0.39 is 0 Å². The number of aryl methyl sites for hydroxylation is 1. The largest absolute Gasteiger partial charge is 0.489 e. The molecule has 0 heterocycles. The van der Waals surface area contributed by atoms with Crippen molar-refractivity contribution in [2.24, 2.45) is 5.92 Å². The maximum absolute atomic E-state index is 12.3. The second kappa shape index (κ2) is 6.13. The van der Waals surface area contributed by atoms with Gasteiger partial charge in [-0.1, -0.05) is 36.8 Å². The molecule has 0 saturated heterocycles. The second-order valence-corrected chi connectivity index (χ2v) is 5.74. The highest BCUT2D eigenvalue weighted by molar-refractivity contribution is 5.99. The molecule has 21 heavy (non-hydrogen) atoms. The summed E-state index contributed by atoms with van der Waals surface area (Å²) in [5.41, 5.74) is 3.01. The minimum absolute atomic E-state index is 0.250. The fraction of sp³-hybridized carbons (Fsp3) is 0.316. The van der Waals surface area contributed by atoms with Gasteiger partial charge >= 0.3 is 0 Å². The zero-order valence-corrected chi connectivity index (χ0v) is 12.3. The van der Waals surface area contributed by atoms with Gasteiger partial charge in [-0.05, 0) is 49.1 Å². The summed E-state index contributed by atoms with van der Waals surface area (Å²) in [5, 5.41) is 0. The number of carbonyl (C=O) groups excluding carboxylic acids is 1. The molecule has 0 radical (unpaired) electrons. The van der Waals surface area contributed by atoms with Crippen LogP contribution in [0.1, 0.15) is 40.7 Å². The van der Waals surface area contributed by atoms with E-state index in [1.54, 1.807) is 0 Å². The monoisotopic (exact) mass is 280 g/mol. The first-order valence-corrected chi connectivity index (χ1v) is 7.55. The van der Waals surface area contributed by atoms with Crippen molar-refractivity contribution >= 4 is 5.78 Å². The number of rotatable bonds is 5. The van der Waals surface area contributed by atoms with Crippen LogP contribution in [-0.4, -0.2) is 5.78 Å². The lowest BCUT2D eigenvalue weighted by Crippen LogP contribution is -2.22. The molecule has 2 heteroatoms. The topological polar surface area (TPSA) is 26.3 Å². The van der Waals surface area contributed by atoms with Crippen molar-refractivity contribution in [3.05, 3.63) is 65.2 Å². The average Bonchev–Trinajstić information content (AvgIpc) is 2.44.